The van der Waals surface area contributed by atoms with E-state index >= 15 is 0 Å². The topological polar surface area (TPSA) is 57.8 Å². The number of fused-ring (bicyclic) bond motifs is 1. The Morgan fingerprint density at radius 2 is 2.14 bits per heavy atom. The molecule has 1 aromatic heterocycles. The lowest BCUT2D eigenvalue weighted by Crippen LogP contribution is -2.39. The van der Waals surface area contributed by atoms with Gasteiger partial charge in [-0.15, -0.1) is 0 Å². The molecule has 0 radical (unpaired) electrons. The lowest BCUT2D eigenvalue weighted by molar-refractivity contribution is 0.0932. The van der Waals surface area contributed by atoms with Crippen molar-refractivity contribution in [2.75, 3.05) is 0 Å². The summed E-state index contributed by atoms with van der Waals surface area (Å²) in [5.74, 6) is 0.988. The first kappa shape index (κ1) is 13.9. The molecule has 0 saturated heterocycles. The first-order chi connectivity index (χ1) is 10.0. The van der Waals surface area contributed by atoms with Crippen LogP contribution in [0, 0.1) is 20.8 Å². The largest absolute Gasteiger partial charge is 0.349 e. The molecule has 1 aromatic carbocycles. The van der Waals surface area contributed by atoms with Crippen LogP contribution in [0.3, 0.4) is 0 Å². The molecule has 1 atom stereocenters. The van der Waals surface area contributed by atoms with Gasteiger partial charge in [-0.2, -0.15) is 0 Å². The molecule has 1 heterocycles. The maximum absolute atomic E-state index is 12.5. The molecule has 0 bridgehead atoms. The molecule has 0 fully saturated rings. The highest BCUT2D eigenvalue weighted by Crippen LogP contribution is 2.20. The summed E-state index contributed by atoms with van der Waals surface area (Å²) in [7, 11) is 0. The number of amides is 1. The van der Waals surface area contributed by atoms with Gasteiger partial charge in [0.1, 0.15) is 5.82 Å². The van der Waals surface area contributed by atoms with E-state index in [-0.39, 0.29) is 11.9 Å². The van der Waals surface area contributed by atoms with E-state index in [0.717, 1.165) is 47.5 Å². The van der Waals surface area contributed by atoms with Crippen molar-refractivity contribution in [3.8, 4) is 0 Å². The molecule has 1 aliphatic rings. The molecular weight excluding hydrogens is 262 g/mol. The maximum atomic E-state index is 12.5. The van der Waals surface area contributed by atoms with E-state index in [2.05, 4.69) is 15.3 Å². The number of hydrogen-bond donors (Lipinski definition) is 2. The first-order valence-electron chi connectivity index (χ1n) is 7.45. The summed E-state index contributed by atoms with van der Waals surface area (Å²) >= 11 is 0. The molecule has 1 amide bonds. The van der Waals surface area contributed by atoms with Crippen LogP contribution in [0.4, 0.5) is 0 Å². The van der Waals surface area contributed by atoms with Crippen molar-refractivity contribution in [2.24, 2.45) is 0 Å². The van der Waals surface area contributed by atoms with Gasteiger partial charge in [-0.25, -0.2) is 4.98 Å². The van der Waals surface area contributed by atoms with Gasteiger partial charge in [-0.3, -0.25) is 4.79 Å². The van der Waals surface area contributed by atoms with Crippen LogP contribution in [0.1, 0.15) is 45.1 Å². The number of imidazole rings is 1. The fourth-order valence-electron chi connectivity index (χ4n) is 2.99. The van der Waals surface area contributed by atoms with Crippen molar-refractivity contribution in [1.29, 1.82) is 0 Å². The normalized spacial score (nSPS) is 17.4. The molecule has 1 aliphatic carbocycles. The standard InChI is InChI=1S/C17H21N3O/c1-10-4-5-11(2)14(8-10)17(21)20-13-6-7-15-16(9-13)19-12(3)18-15/h4-5,8,13H,6-7,9H2,1-3H3,(H,18,19)(H,20,21). The van der Waals surface area contributed by atoms with E-state index in [9.17, 15) is 4.79 Å². The van der Waals surface area contributed by atoms with E-state index in [1.54, 1.807) is 0 Å². The Labute approximate surface area is 125 Å². The Kier molecular flexibility index (Phi) is 3.53. The van der Waals surface area contributed by atoms with Gasteiger partial charge in [0.2, 0.25) is 0 Å². The van der Waals surface area contributed by atoms with Crippen molar-refractivity contribution in [3.05, 3.63) is 52.1 Å². The second-order valence-corrected chi connectivity index (χ2v) is 5.98. The fraction of sp³-hybridized carbons (Fsp3) is 0.412. The van der Waals surface area contributed by atoms with Gasteiger partial charge in [0.15, 0.2) is 0 Å². The third kappa shape index (κ3) is 2.84. The Morgan fingerprint density at radius 3 is 2.95 bits per heavy atom. The number of aryl methyl sites for hydroxylation is 4. The highest BCUT2D eigenvalue weighted by Gasteiger charge is 2.23. The molecule has 2 aromatic rings. The Bertz CT molecular complexity index is 687. The van der Waals surface area contributed by atoms with Crippen molar-refractivity contribution >= 4 is 5.91 Å². The zero-order chi connectivity index (χ0) is 15.0. The van der Waals surface area contributed by atoms with Crippen molar-refractivity contribution in [1.82, 2.24) is 15.3 Å². The van der Waals surface area contributed by atoms with E-state index in [4.69, 9.17) is 0 Å². The predicted molar refractivity (Wildman–Crippen MR) is 82.5 cm³/mol. The number of aromatic amines is 1. The number of H-pyrrole nitrogens is 1. The smallest absolute Gasteiger partial charge is 0.251 e. The minimum atomic E-state index is 0.0286. The monoisotopic (exact) mass is 283 g/mol. The minimum Gasteiger partial charge on any atom is -0.349 e. The van der Waals surface area contributed by atoms with E-state index in [0.29, 0.717) is 0 Å². The number of nitrogens with one attached hydrogen (secondary N) is 2. The average molecular weight is 283 g/mol. The molecule has 0 spiro atoms. The summed E-state index contributed by atoms with van der Waals surface area (Å²) in [5.41, 5.74) is 5.24. The van der Waals surface area contributed by atoms with Gasteiger partial charge in [0.25, 0.3) is 5.91 Å². The highest BCUT2D eigenvalue weighted by atomic mass is 16.1. The number of carbonyl (C=O) groups is 1. The van der Waals surface area contributed by atoms with Gasteiger partial charge in [-0.1, -0.05) is 17.7 Å². The number of benzene rings is 1. The summed E-state index contributed by atoms with van der Waals surface area (Å²) in [6.45, 7) is 5.96. The molecule has 0 aliphatic heterocycles. The summed E-state index contributed by atoms with van der Waals surface area (Å²) in [4.78, 5) is 20.2. The second kappa shape index (κ2) is 5.35. The van der Waals surface area contributed by atoms with Crippen molar-refractivity contribution in [2.45, 2.75) is 46.1 Å². The second-order valence-electron chi connectivity index (χ2n) is 5.98. The zero-order valence-electron chi connectivity index (χ0n) is 12.8. The van der Waals surface area contributed by atoms with Crippen molar-refractivity contribution < 1.29 is 4.79 Å². The molecule has 4 nitrogen and oxygen atoms in total. The van der Waals surface area contributed by atoms with Gasteiger partial charge < -0.3 is 10.3 Å². The number of hydrogen-bond acceptors (Lipinski definition) is 2. The Hall–Kier alpha value is -2.10. The number of aromatic nitrogens is 2. The molecule has 4 heteroatoms. The third-order valence-electron chi connectivity index (χ3n) is 4.14. The van der Waals surface area contributed by atoms with Crippen LogP contribution in [-0.4, -0.2) is 21.9 Å². The summed E-state index contributed by atoms with van der Waals surface area (Å²) < 4.78 is 0. The lowest BCUT2D eigenvalue weighted by atomic mass is 9.95. The van der Waals surface area contributed by atoms with Crippen LogP contribution in [-0.2, 0) is 12.8 Å². The van der Waals surface area contributed by atoms with Gasteiger partial charge in [-0.05, 0) is 45.2 Å². The Balaban J connectivity index is 1.73. The number of carbonyl (C=O) groups excluding carboxylic acids is 1. The minimum absolute atomic E-state index is 0.0286. The summed E-state index contributed by atoms with van der Waals surface area (Å²) in [6, 6.07) is 6.18. The molecule has 2 N–H and O–H groups in total. The maximum Gasteiger partial charge on any atom is 0.251 e. The molecule has 1 unspecified atom stereocenters. The van der Waals surface area contributed by atoms with Gasteiger partial charge in [0, 0.05) is 23.7 Å². The van der Waals surface area contributed by atoms with E-state index in [1.807, 2.05) is 39.0 Å². The van der Waals surface area contributed by atoms with Crippen LogP contribution < -0.4 is 5.32 Å². The quantitative estimate of drug-likeness (QED) is 0.890. The summed E-state index contributed by atoms with van der Waals surface area (Å²) in [6.07, 6.45) is 2.72. The third-order valence-corrected chi connectivity index (χ3v) is 4.14. The molecule has 110 valence electrons. The number of rotatable bonds is 2. The molecule has 0 saturated carbocycles. The van der Waals surface area contributed by atoms with E-state index < -0.39 is 0 Å². The molecule has 3 rings (SSSR count). The van der Waals surface area contributed by atoms with Gasteiger partial charge in [0.05, 0.1) is 5.69 Å². The average Bonchev–Trinajstić information content (AvgIpc) is 2.80. The van der Waals surface area contributed by atoms with Crippen LogP contribution in [0.2, 0.25) is 0 Å². The lowest BCUT2D eigenvalue weighted by Gasteiger charge is -2.23. The SMILES string of the molecule is Cc1ccc(C)c(C(=O)NC2CCc3nc(C)[nH]c3C2)c1. The molecular formula is C17H21N3O. The first-order valence-corrected chi connectivity index (χ1v) is 7.45. The van der Waals surface area contributed by atoms with Crippen molar-refractivity contribution in [3.63, 3.8) is 0 Å². The van der Waals surface area contributed by atoms with Crippen LogP contribution >= 0.6 is 0 Å². The van der Waals surface area contributed by atoms with Gasteiger partial charge >= 0.3 is 0 Å². The van der Waals surface area contributed by atoms with E-state index in [1.165, 1.54) is 5.69 Å². The summed E-state index contributed by atoms with van der Waals surface area (Å²) in [5, 5.41) is 3.17. The zero-order valence-corrected chi connectivity index (χ0v) is 12.8. The predicted octanol–water partition coefficient (Wildman–Crippen LogP) is 2.62. The Morgan fingerprint density at radius 1 is 1.33 bits per heavy atom. The van der Waals surface area contributed by atoms with Crippen LogP contribution in [0.5, 0.6) is 0 Å². The molecule has 21 heavy (non-hydrogen) atoms. The van der Waals surface area contributed by atoms with Crippen LogP contribution in [0.25, 0.3) is 0 Å². The number of nitrogens with zero attached hydrogens (tertiary/aromatic N) is 1. The fourth-order valence-corrected chi connectivity index (χ4v) is 2.99. The highest BCUT2D eigenvalue weighted by molar-refractivity contribution is 5.96. The van der Waals surface area contributed by atoms with Crippen LogP contribution in [0.15, 0.2) is 18.2 Å².